The summed E-state index contributed by atoms with van der Waals surface area (Å²) in [6.45, 7) is 0. The van der Waals surface area contributed by atoms with E-state index < -0.39 is 35.1 Å². The van der Waals surface area contributed by atoms with Crippen LogP contribution < -0.4 is 5.32 Å². The Morgan fingerprint density at radius 1 is 1.05 bits per heavy atom. The molecule has 8 nitrogen and oxygen atoms in total. The van der Waals surface area contributed by atoms with Gasteiger partial charge in [0.1, 0.15) is 11.7 Å². The number of nitrogens with one attached hydrogen (secondary N) is 1. The standard InChI is InChI=1S/C28H24N2O6S2/c1-35-28(29-22(32)15-21-13-8-14-37-21)26(34)30-23(20(16-31)17-38-27(28)30)25(33)36-24(18-9-4-2-5-10-18)19-11-6-3-7-12-19/h2-14,16-17,23-24,27H,15H2,1H3,(H,29,32)/t23?,27-,28?/m1/s1. The van der Waals surface area contributed by atoms with Gasteiger partial charge < -0.3 is 19.7 Å². The number of ether oxygens (including phenoxy) is 2. The van der Waals surface area contributed by atoms with Crippen LogP contribution in [-0.4, -0.2) is 53.2 Å². The first-order valence-electron chi connectivity index (χ1n) is 11.8. The highest BCUT2D eigenvalue weighted by Crippen LogP contribution is 2.46. The van der Waals surface area contributed by atoms with E-state index in [0.717, 1.165) is 27.8 Å². The van der Waals surface area contributed by atoms with E-state index in [1.54, 1.807) is 0 Å². The van der Waals surface area contributed by atoms with Gasteiger partial charge in [0.25, 0.3) is 11.6 Å². The SMILES string of the molecule is COC1(NC(=O)Cc2cccs2)C(=O)N2C(C(=O)OC(c3ccccc3)c3ccccc3)C(C=O)=CS[C@@H]21. The minimum absolute atomic E-state index is 0.0875. The zero-order valence-corrected chi connectivity index (χ0v) is 21.9. The van der Waals surface area contributed by atoms with E-state index in [4.69, 9.17) is 9.47 Å². The molecule has 2 aliphatic heterocycles. The highest BCUT2D eigenvalue weighted by atomic mass is 32.2. The molecule has 3 heterocycles. The number of nitrogens with zero attached hydrogens (tertiary/aromatic N) is 1. The van der Waals surface area contributed by atoms with Crippen LogP contribution in [0.25, 0.3) is 0 Å². The molecule has 2 aromatic carbocycles. The number of β-lactam (4-membered cyclic amide) rings is 1. The molecule has 1 fully saturated rings. The van der Waals surface area contributed by atoms with Crippen molar-refractivity contribution in [3.8, 4) is 0 Å². The van der Waals surface area contributed by atoms with Gasteiger partial charge in [-0.2, -0.15) is 0 Å². The lowest BCUT2D eigenvalue weighted by Crippen LogP contribution is -2.83. The second kappa shape index (κ2) is 10.9. The third kappa shape index (κ3) is 4.66. The van der Waals surface area contributed by atoms with Crippen LogP contribution in [0.3, 0.4) is 0 Å². The topological polar surface area (TPSA) is 102 Å². The Labute approximate surface area is 227 Å². The van der Waals surface area contributed by atoms with Crippen molar-refractivity contribution in [1.29, 1.82) is 0 Å². The third-order valence-corrected chi connectivity index (χ3v) is 8.54. The summed E-state index contributed by atoms with van der Waals surface area (Å²) in [5.74, 6) is -1.77. The van der Waals surface area contributed by atoms with Crippen LogP contribution in [0.1, 0.15) is 22.1 Å². The molecule has 10 heteroatoms. The number of carbonyl (C=O) groups excluding carboxylic acids is 4. The molecule has 3 aromatic rings. The summed E-state index contributed by atoms with van der Waals surface area (Å²) in [6.07, 6.45) is -0.116. The number of esters is 1. The normalized spacial score (nSPS) is 22.2. The Morgan fingerprint density at radius 2 is 1.71 bits per heavy atom. The predicted molar refractivity (Wildman–Crippen MR) is 143 cm³/mol. The highest BCUT2D eigenvalue weighted by Gasteiger charge is 2.67. The van der Waals surface area contributed by atoms with Crippen LogP contribution >= 0.6 is 23.1 Å². The average molecular weight is 549 g/mol. The van der Waals surface area contributed by atoms with E-state index in [1.165, 1.54) is 28.8 Å². The van der Waals surface area contributed by atoms with Crippen molar-refractivity contribution in [2.24, 2.45) is 0 Å². The van der Waals surface area contributed by atoms with E-state index in [0.29, 0.717) is 6.29 Å². The second-order valence-corrected chi connectivity index (χ2v) is 10.7. The Balaban J connectivity index is 1.40. The molecule has 3 atom stereocenters. The summed E-state index contributed by atoms with van der Waals surface area (Å²) in [5.41, 5.74) is -0.0836. The summed E-state index contributed by atoms with van der Waals surface area (Å²) in [7, 11) is 1.33. The number of hydrogen-bond donors (Lipinski definition) is 1. The summed E-state index contributed by atoms with van der Waals surface area (Å²) >= 11 is 2.56. The molecule has 2 amide bonds. The molecule has 0 saturated carbocycles. The molecule has 38 heavy (non-hydrogen) atoms. The number of thiophene rings is 1. The smallest absolute Gasteiger partial charge is 0.334 e. The maximum absolute atomic E-state index is 13.6. The molecule has 2 unspecified atom stereocenters. The maximum Gasteiger partial charge on any atom is 0.334 e. The average Bonchev–Trinajstić information content (AvgIpc) is 3.47. The van der Waals surface area contributed by atoms with Crippen molar-refractivity contribution in [2.75, 3.05) is 7.11 Å². The quantitative estimate of drug-likeness (QED) is 0.189. The lowest BCUT2D eigenvalue weighted by molar-refractivity contribution is -0.203. The van der Waals surface area contributed by atoms with Gasteiger partial charge >= 0.3 is 5.97 Å². The number of amides is 2. The number of methoxy groups -OCH3 is 1. The van der Waals surface area contributed by atoms with Gasteiger partial charge in [0.2, 0.25) is 5.91 Å². The van der Waals surface area contributed by atoms with Gasteiger partial charge in [-0.05, 0) is 28.0 Å². The van der Waals surface area contributed by atoms with Crippen LogP contribution in [0, 0.1) is 0 Å². The van der Waals surface area contributed by atoms with Crippen LogP contribution in [0.4, 0.5) is 0 Å². The molecule has 2 aliphatic rings. The fourth-order valence-corrected chi connectivity index (χ4v) is 6.57. The number of thioether (sulfide) groups is 1. The van der Waals surface area contributed by atoms with E-state index in [2.05, 4.69) is 5.32 Å². The molecule has 1 aromatic heterocycles. The summed E-state index contributed by atoms with van der Waals surface area (Å²) in [6, 6.07) is 20.8. The van der Waals surface area contributed by atoms with Gasteiger partial charge in [-0.1, -0.05) is 66.7 Å². The van der Waals surface area contributed by atoms with Crippen LogP contribution in [0.15, 0.2) is 89.2 Å². The largest absolute Gasteiger partial charge is 0.451 e. The number of benzene rings is 2. The van der Waals surface area contributed by atoms with E-state index in [1.807, 2.05) is 78.2 Å². The number of rotatable bonds is 9. The number of carbonyl (C=O) groups is 4. The van der Waals surface area contributed by atoms with E-state index in [-0.39, 0.29) is 17.9 Å². The fraction of sp³-hybridized carbons (Fsp3) is 0.214. The molecule has 0 aliphatic carbocycles. The first-order chi connectivity index (χ1) is 18.5. The lowest BCUT2D eigenvalue weighted by Gasteiger charge is -2.57. The maximum atomic E-state index is 13.6. The zero-order valence-electron chi connectivity index (χ0n) is 20.3. The van der Waals surface area contributed by atoms with Gasteiger partial charge in [-0.15, -0.1) is 23.1 Å². The third-order valence-electron chi connectivity index (χ3n) is 6.44. The molecule has 5 rings (SSSR count). The molecular weight excluding hydrogens is 524 g/mol. The van der Waals surface area contributed by atoms with Crippen LogP contribution in [0.5, 0.6) is 0 Å². The molecule has 1 N–H and O–H groups in total. The van der Waals surface area contributed by atoms with E-state index >= 15 is 0 Å². The van der Waals surface area contributed by atoms with Crippen molar-refractivity contribution in [1.82, 2.24) is 10.2 Å². The first kappa shape index (κ1) is 25.9. The minimum atomic E-state index is -1.67. The monoisotopic (exact) mass is 548 g/mol. The van der Waals surface area contributed by atoms with Gasteiger partial charge in [-0.3, -0.25) is 14.4 Å². The van der Waals surface area contributed by atoms with Gasteiger partial charge in [0.05, 0.1) is 6.42 Å². The fourth-order valence-electron chi connectivity index (χ4n) is 4.60. The Kier molecular flexibility index (Phi) is 7.46. The van der Waals surface area contributed by atoms with Crippen molar-refractivity contribution in [3.63, 3.8) is 0 Å². The molecule has 0 spiro atoms. The number of hydrogen-bond acceptors (Lipinski definition) is 8. The van der Waals surface area contributed by atoms with Crippen molar-refractivity contribution in [2.45, 2.75) is 29.7 Å². The molecule has 0 bridgehead atoms. The lowest BCUT2D eigenvalue weighted by atomic mass is 9.94. The van der Waals surface area contributed by atoms with Gasteiger partial charge in [-0.25, -0.2) is 4.79 Å². The second-order valence-electron chi connectivity index (χ2n) is 8.72. The Morgan fingerprint density at radius 3 is 2.26 bits per heavy atom. The van der Waals surface area contributed by atoms with Crippen LogP contribution in [-0.2, 0) is 35.1 Å². The van der Waals surface area contributed by atoms with Gasteiger partial charge in [0, 0.05) is 17.6 Å². The van der Waals surface area contributed by atoms with Crippen LogP contribution in [0.2, 0.25) is 0 Å². The molecule has 194 valence electrons. The van der Waals surface area contributed by atoms with Gasteiger partial charge in [0.15, 0.2) is 12.1 Å². The first-order valence-corrected chi connectivity index (χ1v) is 13.6. The summed E-state index contributed by atoms with van der Waals surface area (Å²) in [4.78, 5) is 54.0. The Bertz CT molecular complexity index is 1320. The summed E-state index contributed by atoms with van der Waals surface area (Å²) < 4.78 is 11.5. The molecule has 1 saturated heterocycles. The molecule has 0 radical (unpaired) electrons. The highest BCUT2D eigenvalue weighted by molar-refractivity contribution is 8.03. The zero-order chi connectivity index (χ0) is 26.7. The summed E-state index contributed by atoms with van der Waals surface area (Å²) in [5, 5.41) is 5.33. The number of fused-ring (bicyclic) bond motifs is 1. The van der Waals surface area contributed by atoms with Crippen molar-refractivity contribution >= 4 is 47.2 Å². The Hall–Kier alpha value is -3.73. The number of aldehydes is 1. The predicted octanol–water partition coefficient (Wildman–Crippen LogP) is 3.45. The van der Waals surface area contributed by atoms with E-state index in [9.17, 15) is 19.2 Å². The van der Waals surface area contributed by atoms with Crippen molar-refractivity contribution in [3.05, 3.63) is 105 Å². The minimum Gasteiger partial charge on any atom is -0.451 e. The molecular formula is C28H24N2O6S2. The van der Waals surface area contributed by atoms with Crippen molar-refractivity contribution < 1.29 is 28.7 Å².